The molecule has 0 atom stereocenters. The zero-order valence-electron chi connectivity index (χ0n) is 15.2. The van der Waals surface area contributed by atoms with Gasteiger partial charge < -0.3 is 9.73 Å². The fraction of sp³-hybridized carbons (Fsp3) is 0.350. The maximum atomic E-state index is 13.6. The molecule has 0 unspecified atom stereocenters. The maximum Gasteiger partial charge on any atom is 0.192 e. The molecule has 1 saturated carbocycles. The molecule has 0 aliphatic heterocycles. The lowest BCUT2D eigenvalue weighted by Gasteiger charge is -2.08. The number of hydrogen-bond acceptors (Lipinski definition) is 5. The summed E-state index contributed by atoms with van der Waals surface area (Å²) in [6, 6.07) is 3.98. The molecule has 2 N–H and O–H groups in total. The van der Waals surface area contributed by atoms with E-state index >= 15 is 0 Å². The van der Waals surface area contributed by atoms with E-state index in [-0.39, 0.29) is 22.9 Å². The van der Waals surface area contributed by atoms with Gasteiger partial charge in [-0.25, -0.2) is 9.37 Å². The summed E-state index contributed by atoms with van der Waals surface area (Å²) in [5.41, 5.74) is 1.82. The molecule has 0 spiro atoms. The number of carbonyl (C=O) groups is 1. The van der Waals surface area contributed by atoms with Crippen LogP contribution in [0.25, 0.3) is 11.3 Å². The lowest BCUT2D eigenvalue weighted by Crippen LogP contribution is -2.12. The Morgan fingerprint density at radius 2 is 2.22 bits per heavy atom. The van der Waals surface area contributed by atoms with Gasteiger partial charge in [-0.3, -0.25) is 10.2 Å². The molecular weight excluding hydrogens is 369 g/mol. The molecule has 1 aliphatic carbocycles. The fourth-order valence-corrected chi connectivity index (χ4v) is 2.97. The SMILES string of the molecule is CC(=O)c1cc(F)ccc1-c1oc(C)nc1C/C(=C/NCC1CC1)C(=N)Cl. The average molecular weight is 390 g/mol. The minimum absolute atomic E-state index is 0.0872. The van der Waals surface area contributed by atoms with Crippen LogP contribution >= 0.6 is 11.6 Å². The summed E-state index contributed by atoms with van der Waals surface area (Å²) in [5.74, 6) is 0.744. The van der Waals surface area contributed by atoms with Gasteiger partial charge in [-0.15, -0.1) is 0 Å². The predicted octanol–water partition coefficient (Wildman–Crippen LogP) is 4.63. The largest absolute Gasteiger partial charge is 0.441 e. The number of aromatic nitrogens is 1. The smallest absolute Gasteiger partial charge is 0.192 e. The monoisotopic (exact) mass is 389 g/mol. The standard InChI is InChI=1S/C20H21ClFN3O2/c1-11(26)17-8-15(22)5-6-16(17)19-18(25-12(2)27-19)7-14(20(21)23)10-24-9-13-3-4-13/h5-6,8,10,13,23-24H,3-4,7,9H2,1-2H3/b14-10-,23-20?. The number of nitrogens with one attached hydrogen (secondary N) is 2. The Bertz CT molecular complexity index is 916. The Hall–Kier alpha value is -2.47. The minimum Gasteiger partial charge on any atom is -0.441 e. The summed E-state index contributed by atoms with van der Waals surface area (Å²) in [5, 5.41) is 10.9. The van der Waals surface area contributed by atoms with Crippen molar-refractivity contribution in [1.82, 2.24) is 10.3 Å². The van der Waals surface area contributed by atoms with E-state index in [0.29, 0.717) is 34.4 Å². The number of Topliss-reactive ketones (excluding diaryl/α,β-unsaturated/α-hetero) is 1. The molecule has 0 bridgehead atoms. The van der Waals surface area contributed by atoms with E-state index in [1.54, 1.807) is 13.1 Å². The van der Waals surface area contributed by atoms with Crippen molar-refractivity contribution < 1.29 is 13.6 Å². The summed E-state index contributed by atoms with van der Waals surface area (Å²) >= 11 is 5.95. The summed E-state index contributed by atoms with van der Waals surface area (Å²) in [7, 11) is 0. The first-order valence-corrected chi connectivity index (χ1v) is 9.17. The third kappa shape index (κ3) is 4.83. The third-order valence-electron chi connectivity index (χ3n) is 4.43. The van der Waals surface area contributed by atoms with E-state index in [1.807, 2.05) is 0 Å². The van der Waals surface area contributed by atoms with Gasteiger partial charge in [0, 0.05) is 42.8 Å². The molecule has 1 aromatic carbocycles. The summed E-state index contributed by atoms with van der Waals surface area (Å²) in [4.78, 5) is 16.3. The van der Waals surface area contributed by atoms with Gasteiger partial charge in [0.1, 0.15) is 11.0 Å². The van der Waals surface area contributed by atoms with Crippen LogP contribution in [0.3, 0.4) is 0 Å². The Morgan fingerprint density at radius 1 is 1.48 bits per heavy atom. The normalized spacial score (nSPS) is 14.3. The van der Waals surface area contributed by atoms with Gasteiger partial charge in [-0.2, -0.15) is 0 Å². The van der Waals surface area contributed by atoms with Crippen molar-refractivity contribution in [2.45, 2.75) is 33.1 Å². The van der Waals surface area contributed by atoms with E-state index < -0.39 is 5.82 Å². The Labute approximate surface area is 162 Å². The third-order valence-corrected chi connectivity index (χ3v) is 4.67. The molecule has 0 amide bonds. The van der Waals surface area contributed by atoms with Gasteiger partial charge in [0.05, 0.1) is 5.69 Å². The number of benzene rings is 1. The fourth-order valence-electron chi connectivity index (χ4n) is 2.85. The summed E-state index contributed by atoms with van der Waals surface area (Å²) < 4.78 is 19.3. The van der Waals surface area contributed by atoms with Gasteiger partial charge in [-0.05, 0) is 43.9 Å². The van der Waals surface area contributed by atoms with Crippen LogP contribution in [0.5, 0.6) is 0 Å². The Morgan fingerprint density at radius 3 is 2.85 bits per heavy atom. The Balaban J connectivity index is 1.93. The van der Waals surface area contributed by atoms with Gasteiger partial charge in [0.15, 0.2) is 17.4 Å². The highest BCUT2D eigenvalue weighted by molar-refractivity contribution is 6.68. The van der Waals surface area contributed by atoms with Gasteiger partial charge in [0.25, 0.3) is 0 Å². The number of nitrogens with zero attached hydrogens (tertiary/aromatic N) is 1. The van der Waals surface area contributed by atoms with Crippen LogP contribution in [0.1, 0.15) is 41.7 Å². The number of ketones is 1. The molecule has 1 heterocycles. The number of aryl methyl sites for hydroxylation is 1. The molecule has 1 fully saturated rings. The molecule has 3 rings (SSSR count). The second-order valence-corrected chi connectivity index (χ2v) is 7.14. The van der Waals surface area contributed by atoms with Crippen LogP contribution in [-0.4, -0.2) is 22.5 Å². The van der Waals surface area contributed by atoms with Crippen molar-refractivity contribution in [3.8, 4) is 11.3 Å². The maximum absolute atomic E-state index is 13.6. The quantitative estimate of drug-likeness (QED) is 0.509. The van der Waals surface area contributed by atoms with Crippen molar-refractivity contribution >= 4 is 22.6 Å². The number of rotatable bonds is 8. The molecule has 142 valence electrons. The van der Waals surface area contributed by atoms with Crippen molar-refractivity contribution in [3.05, 3.63) is 52.9 Å². The molecule has 1 aromatic heterocycles. The van der Waals surface area contributed by atoms with Gasteiger partial charge in [0.2, 0.25) is 0 Å². The molecule has 7 heteroatoms. The second kappa shape index (κ2) is 8.05. The van der Waals surface area contributed by atoms with E-state index in [1.165, 1.54) is 38.0 Å². The van der Waals surface area contributed by atoms with E-state index in [0.717, 1.165) is 6.54 Å². The van der Waals surface area contributed by atoms with E-state index in [9.17, 15) is 9.18 Å². The van der Waals surface area contributed by atoms with Crippen molar-refractivity contribution in [2.75, 3.05) is 6.54 Å². The first kappa shape index (κ1) is 19.3. The second-order valence-electron chi connectivity index (χ2n) is 6.77. The molecule has 5 nitrogen and oxygen atoms in total. The first-order valence-electron chi connectivity index (χ1n) is 8.79. The summed E-state index contributed by atoms with van der Waals surface area (Å²) in [6.07, 6.45) is 4.44. The molecular formula is C20H21ClFN3O2. The number of oxazole rings is 1. The van der Waals surface area contributed by atoms with E-state index in [4.69, 9.17) is 21.4 Å². The first-order chi connectivity index (χ1) is 12.8. The minimum atomic E-state index is -0.492. The lowest BCUT2D eigenvalue weighted by atomic mass is 9.99. The van der Waals surface area contributed by atoms with Crippen LogP contribution in [0.2, 0.25) is 0 Å². The van der Waals surface area contributed by atoms with Crippen LogP contribution in [-0.2, 0) is 6.42 Å². The highest BCUT2D eigenvalue weighted by Gasteiger charge is 2.22. The number of carbonyl (C=O) groups excluding carboxylic acids is 1. The topological polar surface area (TPSA) is 79.0 Å². The van der Waals surface area contributed by atoms with Crippen molar-refractivity contribution in [1.29, 1.82) is 5.41 Å². The van der Waals surface area contributed by atoms with Crippen LogP contribution in [0.4, 0.5) is 4.39 Å². The molecule has 0 radical (unpaired) electrons. The Kier molecular flexibility index (Phi) is 5.75. The number of halogens is 2. The molecule has 2 aromatic rings. The highest BCUT2D eigenvalue weighted by atomic mass is 35.5. The predicted molar refractivity (Wildman–Crippen MR) is 103 cm³/mol. The molecule has 0 saturated heterocycles. The average Bonchev–Trinajstić information content (AvgIpc) is 3.35. The van der Waals surface area contributed by atoms with E-state index in [2.05, 4.69) is 10.3 Å². The zero-order valence-corrected chi connectivity index (χ0v) is 16.0. The number of hydrogen-bond donors (Lipinski definition) is 2. The molecule has 27 heavy (non-hydrogen) atoms. The zero-order chi connectivity index (χ0) is 19.6. The lowest BCUT2D eigenvalue weighted by molar-refractivity contribution is 0.101. The van der Waals surface area contributed by atoms with Crippen LogP contribution in [0.15, 0.2) is 34.4 Å². The molecule has 1 aliphatic rings. The number of allylic oxidation sites excluding steroid dienone is 1. The van der Waals surface area contributed by atoms with Gasteiger partial charge >= 0.3 is 0 Å². The van der Waals surface area contributed by atoms with Crippen LogP contribution < -0.4 is 5.32 Å². The van der Waals surface area contributed by atoms with Crippen molar-refractivity contribution in [2.24, 2.45) is 5.92 Å². The van der Waals surface area contributed by atoms with Crippen molar-refractivity contribution in [3.63, 3.8) is 0 Å². The van der Waals surface area contributed by atoms with Crippen LogP contribution in [0, 0.1) is 24.1 Å². The highest BCUT2D eigenvalue weighted by Crippen LogP contribution is 2.31. The van der Waals surface area contributed by atoms with Gasteiger partial charge in [-0.1, -0.05) is 11.6 Å². The summed E-state index contributed by atoms with van der Waals surface area (Å²) in [6.45, 7) is 3.93.